The van der Waals surface area contributed by atoms with Crippen molar-refractivity contribution in [2.45, 2.75) is 70.5 Å². The first-order valence-corrected chi connectivity index (χ1v) is 13.7. The summed E-state index contributed by atoms with van der Waals surface area (Å²) in [6.07, 6.45) is 8.47. The maximum atomic E-state index is 11.6. The lowest BCUT2D eigenvalue weighted by Gasteiger charge is -2.57. The fraction of sp³-hybridized carbons (Fsp3) is 0.609. The van der Waals surface area contributed by atoms with Crippen molar-refractivity contribution >= 4 is 19.7 Å². The Hall–Kier alpha value is -1.53. The Morgan fingerprint density at radius 1 is 1.08 bits per heavy atom. The van der Waals surface area contributed by atoms with Gasteiger partial charge in [0.25, 0.3) is 0 Å². The van der Waals surface area contributed by atoms with Gasteiger partial charge in [0.15, 0.2) is 0 Å². The molecule has 0 radical (unpaired) electrons. The van der Waals surface area contributed by atoms with Gasteiger partial charge in [0.05, 0.1) is 5.69 Å². The number of amides is 1. The van der Waals surface area contributed by atoms with Crippen LogP contribution in [0.15, 0.2) is 18.2 Å². The largest absolute Gasteiger partial charge is 0.325 e. The molecule has 0 unspecified atom stereocenters. The highest BCUT2D eigenvalue weighted by molar-refractivity contribution is 6.83. The Labute approximate surface area is 159 Å². The average molecular weight is 366 g/mol. The first kappa shape index (κ1) is 17.9. The Morgan fingerprint density at radius 2 is 1.65 bits per heavy atom. The Bertz CT molecular complexity index is 757. The summed E-state index contributed by atoms with van der Waals surface area (Å²) in [6.45, 7) is 8.37. The minimum absolute atomic E-state index is 0.0244. The Kier molecular flexibility index (Phi) is 4.31. The van der Waals surface area contributed by atoms with Crippen molar-refractivity contribution < 1.29 is 4.79 Å². The number of nitrogens with one attached hydrogen (secondary N) is 1. The number of anilines is 1. The lowest BCUT2D eigenvalue weighted by molar-refractivity contribution is -0.114. The average Bonchev–Trinajstić information content (AvgIpc) is 2.51. The van der Waals surface area contributed by atoms with Gasteiger partial charge in [-0.1, -0.05) is 31.6 Å². The number of hydrogen-bond donors (Lipinski definition) is 1. The molecule has 26 heavy (non-hydrogen) atoms. The van der Waals surface area contributed by atoms with Gasteiger partial charge in [-0.3, -0.25) is 4.79 Å². The normalized spacial score (nSPS) is 32.1. The summed E-state index contributed by atoms with van der Waals surface area (Å²) in [6, 6.07) is 6.69. The Morgan fingerprint density at radius 3 is 2.15 bits per heavy atom. The predicted octanol–water partition coefficient (Wildman–Crippen LogP) is 5.34. The molecule has 0 atom stereocenters. The van der Waals surface area contributed by atoms with Crippen molar-refractivity contribution in [3.63, 3.8) is 0 Å². The van der Waals surface area contributed by atoms with Gasteiger partial charge in [-0.05, 0) is 79.4 Å². The zero-order valence-corrected chi connectivity index (χ0v) is 17.6. The van der Waals surface area contributed by atoms with Crippen LogP contribution < -0.4 is 5.32 Å². The second kappa shape index (κ2) is 6.27. The zero-order chi connectivity index (χ0) is 18.5. The molecule has 1 aromatic carbocycles. The van der Waals surface area contributed by atoms with Gasteiger partial charge in [0.1, 0.15) is 8.07 Å². The molecule has 0 saturated heterocycles. The third-order valence-corrected chi connectivity index (χ3v) is 7.43. The fourth-order valence-corrected chi connectivity index (χ4v) is 6.50. The molecule has 138 valence electrons. The van der Waals surface area contributed by atoms with E-state index in [0.717, 1.165) is 29.0 Å². The summed E-state index contributed by atoms with van der Waals surface area (Å²) in [5.74, 6) is 6.22. The topological polar surface area (TPSA) is 29.1 Å². The highest BCUT2D eigenvalue weighted by Crippen LogP contribution is 2.60. The maximum Gasteiger partial charge on any atom is 0.221 e. The van der Waals surface area contributed by atoms with Crippen LogP contribution in [0.1, 0.15) is 56.6 Å². The molecule has 0 aliphatic heterocycles. The highest BCUT2D eigenvalue weighted by atomic mass is 28.3. The number of carbonyl (C=O) groups excluding carboxylic acids is 1. The van der Waals surface area contributed by atoms with Gasteiger partial charge < -0.3 is 5.32 Å². The third kappa shape index (κ3) is 3.49. The van der Waals surface area contributed by atoms with Crippen LogP contribution in [-0.2, 0) is 10.2 Å². The molecular formula is C23H31NOSi. The van der Waals surface area contributed by atoms with Gasteiger partial charge in [0, 0.05) is 12.5 Å². The van der Waals surface area contributed by atoms with Crippen molar-refractivity contribution in [1.82, 2.24) is 0 Å². The molecular weight excluding hydrogens is 334 g/mol. The summed E-state index contributed by atoms with van der Waals surface area (Å²) in [4.78, 5) is 11.6. The van der Waals surface area contributed by atoms with Gasteiger partial charge in [-0.2, -0.15) is 0 Å². The molecule has 1 amide bonds. The van der Waals surface area contributed by atoms with E-state index in [0.29, 0.717) is 5.41 Å². The summed E-state index contributed by atoms with van der Waals surface area (Å²) in [5.41, 5.74) is 7.22. The number of carbonyl (C=O) groups is 1. The van der Waals surface area contributed by atoms with E-state index in [-0.39, 0.29) is 5.91 Å². The van der Waals surface area contributed by atoms with Crippen molar-refractivity contribution in [3.05, 3.63) is 29.3 Å². The van der Waals surface area contributed by atoms with E-state index in [1.165, 1.54) is 44.1 Å². The van der Waals surface area contributed by atoms with E-state index < -0.39 is 8.07 Å². The Balaban J connectivity index is 1.73. The first-order chi connectivity index (χ1) is 12.2. The van der Waals surface area contributed by atoms with E-state index in [2.05, 4.69) is 54.6 Å². The quantitative estimate of drug-likeness (QED) is 0.556. The smallest absolute Gasteiger partial charge is 0.221 e. The zero-order valence-electron chi connectivity index (χ0n) is 16.6. The predicted molar refractivity (Wildman–Crippen MR) is 111 cm³/mol. The molecule has 0 aromatic heterocycles. The second-order valence-electron chi connectivity index (χ2n) is 10.1. The fourth-order valence-electron chi connectivity index (χ4n) is 6.00. The van der Waals surface area contributed by atoms with Crippen molar-refractivity contribution in [2.24, 2.45) is 17.8 Å². The third-order valence-electron chi connectivity index (χ3n) is 6.55. The summed E-state index contributed by atoms with van der Waals surface area (Å²) < 4.78 is 0. The second-order valence-corrected chi connectivity index (χ2v) is 14.9. The molecule has 5 rings (SSSR count). The number of benzene rings is 1. The standard InChI is InChI=1S/C23H31NOSi/c1-16(25)24-22-6-5-21(12-20(22)7-8-26(2,3)4)23-13-17-9-18(14-23)11-19(10-17)15-23/h5-6,12,17-19H,9-11,13-15H2,1-4H3,(H,24,25). The molecule has 4 saturated carbocycles. The van der Waals surface area contributed by atoms with E-state index in [1.807, 2.05) is 0 Å². The molecule has 2 nitrogen and oxygen atoms in total. The van der Waals surface area contributed by atoms with Gasteiger partial charge in [-0.25, -0.2) is 0 Å². The van der Waals surface area contributed by atoms with Crippen LogP contribution in [0.4, 0.5) is 5.69 Å². The summed E-state index contributed by atoms with van der Waals surface area (Å²) in [5, 5.41) is 2.98. The molecule has 1 N–H and O–H groups in total. The van der Waals surface area contributed by atoms with Crippen LogP contribution >= 0.6 is 0 Å². The lowest BCUT2D eigenvalue weighted by atomic mass is 9.48. The van der Waals surface area contributed by atoms with Crippen molar-refractivity contribution in [2.75, 3.05) is 5.32 Å². The van der Waals surface area contributed by atoms with Crippen LogP contribution in [0.3, 0.4) is 0 Å². The van der Waals surface area contributed by atoms with Gasteiger partial charge >= 0.3 is 0 Å². The molecule has 0 spiro atoms. The minimum Gasteiger partial charge on any atom is -0.325 e. The summed E-state index contributed by atoms with van der Waals surface area (Å²) >= 11 is 0. The molecule has 4 bridgehead atoms. The molecule has 4 aliphatic rings. The number of rotatable bonds is 2. The number of hydrogen-bond acceptors (Lipinski definition) is 1. The summed E-state index contributed by atoms with van der Waals surface area (Å²) in [7, 11) is -1.46. The molecule has 3 heteroatoms. The highest BCUT2D eigenvalue weighted by Gasteiger charge is 2.51. The van der Waals surface area contributed by atoms with E-state index in [4.69, 9.17) is 0 Å². The van der Waals surface area contributed by atoms with Crippen LogP contribution in [0.25, 0.3) is 0 Å². The monoisotopic (exact) mass is 365 g/mol. The van der Waals surface area contributed by atoms with Crippen molar-refractivity contribution in [1.29, 1.82) is 0 Å². The van der Waals surface area contributed by atoms with Crippen LogP contribution in [0.2, 0.25) is 19.6 Å². The SMILES string of the molecule is CC(=O)Nc1ccc(C23CC4CC(CC(C4)C2)C3)cc1C#C[Si](C)(C)C. The van der Waals surface area contributed by atoms with Crippen LogP contribution in [0, 0.1) is 29.2 Å². The van der Waals surface area contributed by atoms with Gasteiger partial charge in [-0.15, -0.1) is 5.54 Å². The maximum absolute atomic E-state index is 11.6. The van der Waals surface area contributed by atoms with Gasteiger partial charge in [0.2, 0.25) is 5.91 Å². The molecule has 4 fully saturated rings. The van der Waals surface area contributed by atoms with E-state index in [1.54, 1.807) is 6.92 Å². The van der Waals surface area contributed by atoms with Crippen LogP contribution in [0.5, 0.6) is 0 Å². The lowest BCUT2D eigenvalue weighted by Crippen LogP contribution is -2.48. The van der Waals surface area contributed by atoms with E-state index >= 15 is 0 Å². The molecule has 1 aromatic rings. The minimum atomic E-state index is -1.46. The first-order valence-electron chi connectivity index (χ1n) is 10.2. The van der Waals surface area contributed by atoms with Crippen LogP contribution in [-0.4, -0.2) is 14.0 Å². The van der Waals surface area contributed by atoms with Crippen molar-refractivity contribution in [3.8, 4) is 11.5 Å². The van der Waals surface area contributed by atoms with E-state index in [9.17, 15) is 4.79 Å². The molecule has 4 aliphatic carbocycles. The molecule has 0 heterocycles.